The van der Waals surface area contributed by atoms with Crippen molar-refractivity contribution in [2.75, 3.05) is 39.3 Å². The molecule has 1 saturated heterocycles. The molecule has 0 unspecified atom stereocenters. The molecule has 0 atom stereocenters. The van der Waals surface area contributed by atoms with E-state index in [9.17, 15) is 22.8 Å². The maximum atomic E-state index is 12.9. The van der Waals surface area contributed by atoms with Crippen LogP contribution in [0.5, 0.6) is 0 Å². The Bertz CT molecular complexity index is 993. The number of rotatable bonds is 5. The molecule has 1 aliphatic rings. The number of urea groups is 1. The maximum Gasteiger partial charge on any atom is 0.453 e. The molecule has 3 heterocycles. The number of fused-ring (bicyclic) bond motifs is 1. The highest BCUT2D eigenvalue weighted by molar-refractivity contribution is 5.78. The van der Waals surface area contributed by atoms with Crippen molar-refractivity contribution >= 4 is 17.7 Å². The normalized spacial score (nSPS) is 14.8. The van der Waals surface area contributed by atoms with Crippen LogP contribution in [0.2, 0.25) is 0 Å². The van der Waals surface area contributed by atoms with Crippen LogP contribution in [0.25, 0.3) is 5.78 Å². The highest BCUT2D eigenvalue weighted by Gasteiger charge is 2.37. The molecule has 1 fully saturated rings. The average molecular weight is 455 g/mol. The van der Waals surface area contributed by atoms with E-state index < -0.39 is 12.0 Å². The van der Waals surface area contributed by atoms with Gasteiger partial charge in [0.1, 0.15) is 0 Å². The third-order valence-corrected chi connectivity index (χ3v) is 5.83. The van der Waals surface area contributed by atoms with Crippen LogP contribution < -0.4 is 0 Å². The first-order valence-corrected chi connectivity index (χ1v) is 10.7. The number of alkyl halides is 3. The number of nitrogens with zero attached hydrogens (tertiary/aromatic N) is 7. The SMILES string of the molecule is CCN(CC)C(=O)N1CCN(C(=O)CCc2c(C)nc3nc(C(F)(F)F)nn3c2C)CC1. The molecule has 0 aromatic carbocycles. The summed E-state index contributed by atoms with van der Waals surface area (Å²) in [5, 5.41) is 3.54. The molecular weight excluding hydrogens is 427 g/mol. The number of hydrogen-bond donors (Lipinski definition) is 0. The van der Waals surface area contributed by atoms with Crippen LogP contribution in [-0.4, -0.2) is 85.5 Å². The van der Waals surface area contributed by atoms with Crippen molar-refractivity contribution in [2.24, 2.45) is 0 Å². The molecule has 176 valence electrons. The van der Waals surface area contributed by atoms with Gasteiger partial charge < -0.3 is 14.7 Å². The van der Waals surface area contributed by atoms with Gasteiger partial charge in [-0.1, -0.05) is 0 Å². The third-order valence-electron chi connectivity index (χ3n) is 5.83. The Morgan fingerprint density at radius 3 is 2.16 bits per heavy atom. The molecule has 2 aromatic rings. The van der Waals surface area contributed by atoms with E-state index in [1.54, 1.807) is 28.5 Å². The van der Waals surface area contributed by atoms with E-state index in [4.69, 9.17) is 0 Å². The van der Waals surface area contributed by atoms with Gasteiger partial charge in [0.05, 0.1) is 0 Å². The quantitative estimate of drug-likeness (QED) is 0.691. The van der Waals surface area contributed by atoms with E-state index in [-0.39, 0.29) is 24.1 Å². The fourth-order valence-corrected chi connectivity index (χ4v) is 3.92. The van der Waals surface area contributed by atoms with Crippen molar-refractivity contribution in [1.82, 2.24) is 34.3 Å². The molecule has 32 heavy (non-hydrogen) atoms. The first-order valence-electron chi connectivity index (χ1n) is 10.7. The van der Waals surface area contributed by atoms with Gasteiger partial charge in [-0.25, -0.2) is 14.3 Å². The summed E-state index contributed by atoms with van der Waals surface area (Å²) in [5.74, 6) is -1.41. The van der Waals surface area contributed by atoms with Crippen LogP contribution in [0.1, 0.15) is 43.0 Å². The van der Waals surface area contributed by atoms with Crippen molar-refractivity contribution < 1.29 is 22.8 Å². The van der Waals surface area contributed by atoms with Gasteiger partial charge in [0.2, 0.25) is 5.91 Å². The van der Waals surface area contributed by atoms with Gasteiger partial charge in [0, 0.05) is 57.1 Å². The lowest BCUT2D eigenvalue weighted by atomic mass is 10.1. The predicted octanol–water partition coefficient (Wildman–Crippen LogP) is 2.30. The summed E-state index contributed by atoms with van der Waals surface area (Å²) in [4.78, 5) is 38.0. The van der Waals surface area contributed by atoms with Crippen LogP contribution in [0.3, 0.4) is 0 Å². The summed E-state index contributed by atoms with van der Waals surface area (Å²) in [6.07, 6.45) is -4.13. The first-order chi connectivity index (χ1) is 15.1. The molecule has 0 bridgehead atoms. The average Bonchev–Trinajstić information content (AvgIpc) is 3.19. The number of carbonyl (C=O) groups excluding carboxylic acids is 2. The van der Waals surface area contributed by atoms with Crippen LogP contribution >= 0.6 is 0 Å². The summed E-state index contributed by atoms with van der Waals surface area (Å²) in [6.45, 7) is 10.3. The lowest BCUT2D eigenvalue weighted by molar-refractivity contribution is -0.144. The molecule has 0 spiro atoms. The molecule has 3 amide bonds. The minimum absolute atomic E-state index is 0.0150. The molecule has 12 heteroatoms. The zero-order valence-electron chi connectivity index (χ0n) is 18.7. The fraction of sp³-hybridized carbons (Fsp3) is 0.650. The van der Waals surface area contributed by atoms with Crippen molar-refractivity contribution in [1.29, 1.82) is 0 Å². The number of amides is 3. The summed E-state index contributed by atoms with van der Waals surface area (Å²) in [5.41, 5.74) is 1.69. The second-order valence-corrected chi connectivity index (χ2v) is 7.73. The molecule has 0 saturated carbocycles. The lowest BCUT2D eigenvalue weighted by Gasteiger charge is -2.37. The van der Waals surface area contributed by atoms with Gasteiger partial charge in [0.15, 0.2) is 0 Å². The van der Waals surface area contributed by atoms with Gasteiger partial charge in [-0.05, 0) is 39.7 Å². The summed E-state index contributed by atoms with van der Waals surface area (Å²) < 4.78 is 39.9. The Morgan fingerprint density at radius 1 is 1.00 bits per heavy atom. The van der Waals surface area contributed by atoms with Crippen LogP contribution in [0.15, 0.2) is 0 Å². The molecule has 2 aromatic heterocycles. The smallest absolute Gasteiger partial charge is 0.339 e. The topological polar surface area (TPSA) is 86.9 Å². The zero-order valence-corrected chi connectivity index (χ0v) is 18.7. The third kappa shape index (κ3) is 4.78. The predicted molar refractivity (Wildman–Crippen MR) is 110 cm³/mol. The number of aromatic nitrogens is 4. The lowest BCUT2D eigenvalue weighted by Crippen LogP contribution is -2.54. The Kier molecular flexibility index (Phi) is 6.89. The van der Waals surface area contributed by atoms with Gasteiger partial charge in [-0.3, -0.25) is 4.79 Å². The van der Waals surface area contributed by atoms with Crippen molar-refractivity contribution in [3.63, 3.8) is 0 Å². The van der Waals surface area contributed by atoms with E-state index in [2.05, 4.69) is 15.1 Å². The minimum atomic E-state index is -4.65. The zero-order chi connectivity index (χ0) is 23.6. The number of aryl methyl sites for hydroxylation is 2. The van der Waals surface area contributed by atoms with Crippen molar-refractivity contribution in [3.05, 3.63) is 22.8 Å². The molecule has 0 N–H and O–H groups in total. The maximum absolute atomic E-state index is 12.9. The summed E-state index contributed by atoms with van der Waals surface area (Å²) >= 11 is 0. The van der Waals surface area contributed by atoms with E-state index in [1.807, 2.05) is 13.8 Å². The van der Waals surface area contributed by atoms with Gasteiger partial charge in [0.25, 0.3) is 11.6 Å². The highest BCUT2D eigenvalue weighted by atomic mass is 19.4. The van der Waals surface area contributed by atoms with Crippen LogP contribution in [0, 0.1) is 13.8 Å². The largest absolute Gasteiger partial charge is 0.453 e. The summed E-state index contributed by atoms with van der Waals surface area (Å²) in [7, 11) is 0. The number of piperazine rings is 1. The molecule has 0 radical (unpaired) electrons. The Morgan fingerprint density at radius 2 is 1.59 bits per heavy atom. The van der Waals surface area contributed by atoms with E-state index in [1.165, 1.54) is 0 Å². The van der Waals surface area contributed by atoms with Crippen LogP contribution in [-0.2, 0) is 17.4 Å². The van der Waals surface area contributed by atoms with E-state index in [0.29, 0.717) is 62.6 Å². The standard InChI is InChI=1S/C20H28F3N7O2/c1-5-27(6-2)19(32)29-11-9-28(10-12-29)16(31)8-7-15-13(3)24-18-25-17(20(21,22)23)26-30(18)14(15)4/h5-12H2,1-4H3. The second kappa shape index (κ2) is 9.29. The van der Waals surface area contributed by atoms with Gasteiger partial charge >= 0.3 is 12.2 Å². The van der Waals surface area contributed by atoms with Crippen molar-refractivity contribution in [3.8, 4) is 0 Å². The monoisotopic (exact) mass is 455 g/mol. The Balaban J connectivity index is 1.63. The second-order valence-electron chi connectivity index (χ2n) is 7.73. The number of hydrogen-bond acceptors (Lipinski definition) is 5. The highest BCUT2D eigenvalue weighted by Crippen LogP contribution is 2.27. The minimum Gasteiger partial charge on any atom is -0.339 e. The first kappa shape index (κ1) is 23.7. The Hall–Kier alpha value is -2.92. The van der Waals surface area contributed by atoms with E-state index >= 15 is 0 Å². The Labute approximate surface area is 184 Å². The molecule has 9 nitrogen and oxygen atoms in total. The molecule has 3 rings (SSSR count). The van der Waals surface area contributed by atoms with Gasteiger partial charge in [-0.2, -0.15) is 18.2 Å². The number of carbonyl (C=O) groups is 2. The van der Waals surface area contributed by atoms with Crippen LogP contribution in [0.4, 0.5) is 18.0 Å². The van der Waals surface area contributed by atoms with Gasteiger partial charge in [-0.15, -0.1) is 5.10 Å². The molecule has 1 aliphatic heterocycles. The van der Waals surface area contributed by atoms with Crippen molar-refractivity contribution in [2.45, 2.75) is 46.7 Å². The summed E-state index contributed by atoms with van der Waals surface area (Å²) in [6, 6.07) is -0.0150. The van der Waals surface area contributed by atoms with E-state index in [0.717, 1.165) is 4.52 Å². The molecule has 0 aliphatic carbocycles. The fourth-order valence-electron chi connectivity index (χ4n) is 3.92. The number of halogens is 3. The molecular formula is C20H28F3N7O2.